The largest absolute Gasteiger partial charge is 0.310 e. The molecule has 1 heterocycles. The van der Waals surface area contributed by atoms with E-state index in [0.29, 0.717) is 5.28 Å². The van der Waals surface area contributed by atoms with Crippen molar-refractivity contribution >= 4 is 11.6 Å². The van der Waals surface area contributed by atoms with Gasteiger partial charge in [0.1, 0.15) is 0 Å². The Hall–Kier alpha value is -2.06. The van der Waals surface area contributed by atoms with Crippen LogP contribution in [-0.4, -0.2) is 9.55 Å². The van der Waals surface area contributed by atoms with E-state index in [1.54, 1.807) is 6.20 Å². The molecule has 0 spiro atoms. The molecule has 4 rings (SSSR count). The first kappa shape index (κ1) is 13.6. The lowest BCUT2D eigenvalue weighted by Gasteiger charge is -2.23. The molecule has 3 aromatic rings. The lowest BCUT2D eigenvalue weighted by molar-refractivity contribution is 0.671. The van der Waals surface area contributed by atoms with Crippen LogP contribution in [0.15, 0.2) is 60.9 Å². The number of halogens is 1. The molecule has 0 amide bonds. The molecule has 22 heavy (non-hydrogen) atoms. The molecule has 0 aliphatic heterocycles. The summed E-state index contributed by atoms with van der Waals surface area (Å²) in [5.74, 6) is 0. The highest BCUT2D eigenvalue weighted by Gasteiger charge is 2.24. The summed E-state index contributed by atoms with van der Waals surface area (Å²) in [4.78, 5) is 4.21. The molecule has 3 heteroatoms. The van der Waals surface area contributed by atoms with Crippen LogP contribution in [0.5, 0.6) is 0 Å². The van der Waals surface area contributed by atoms with Gasteiger partial charge in [0.25, 0.3) is 0 Å². The SMILES string of the molecule is Clc1nccn1C(c1ccccc1)c1cccc2c1CCC2. The molecule has 0 saturated carbocycles. The zero-order chi connectivity index (χ0) is 14.9. The average molecular weight is 309 g/mol. The van der Waals surface area contributed by atoms with Gasteiger partial charge in [0.05, 0.1) is 6.04 Å². The van der Waals surface area contributed by atoms with Gasteiger partial charge in [-0.3, -0.25) is 0 Å². The zero-order valence-electron chi connectivity index (χ0n) is 12.2. The average Bonchev–Trinajstić information content (AvgIpc) is 3.19. The van der Waals surface area contributed by atoms with E-state index in [9.17, 15) is 0 Å². The van der Waals surface area contributed by atoms with E-state index < -0.39 is 0 Å². The van der Waals surface area contributed by atoms with Crippen molar-refractivity contribution < 1.29 is 0 Å². The minimum atomic E-state index is 0.0873. The number of hydrogen-bond acceptors (Lipinski definition) is 1. The Kier molecular flexibility index (Phi) is 3.47. The Bertz CT molecular complexity index is 792. The Morgan fingerprint density at radius 1 is 1.00 bits per heavy atom. The molecule has 0 radical (unpaired) electrons. The second kappa shape index (κ2) is 5.62. The fourth-order valence-corrected chi connectivity index (χ4v) is 3.73. The van der Waals surface area contributed by atoms with Gasteiger partial charge in [-0.05, 0) is 53.1 Å². The maximum Gasteiger partial charge on any atom is 0.203 e. The molecule has 1 unspecified atom stereocenters. The molecule has 0 saturated heterocycles. The van der Waals surface area contributed by atoms with Gasteiger partial charge in [0, 0.05) is 12.4 Å². The van der Waals surface area contributed by atoms with Crippen molar-refractivity contribution in [3.8, 4) is 0 Å². The quantitative estimate of drug-likeness (QED) is 0.688. The van der Waals surface area contributed by atoms with Crippen molar-refractivity contribution in [2.24, 2.45) is 0 Å². The fraction of sp³-hybridized carbons (Fsp3) is 0.211. The molecule has 1 aromatic heterocycles. The van der Waals surface area contributed by atoms with Crippen LogP contribution in [0, 0.1) is 0 Å². The summed E-state index contributed by atoms with van der Waals surface area (Å²) in [5, 5.41) is 0.532. The number of fused-ring (bicyclic) bond motifs is 1. The highest BCUT2D eigenvalue weighted by molar-refractivity contribution is 6.28. The number of imidazole rings is 1. The Morgan fingerprint density at radius 2 is 1.86 bits per heavy atom. The molecule has 1 aliphatic carbocycles. The van der Waals surface area contributed by atoms with Crippen LogP contribution < -0.4 is 0 Å². The van der Waals surface area contributed by atoms with Crippen LogP contribution in [0.3, 0.4) is 0 Å². The molecule has 1 aliphatic rings. The second-order valence-corrected chi connectivity index (χ2v) is 6.09. The van der Waals surface area contributed by atoms with E-state index in [0.717, 1.165) is 6.42 Å². The predicted molar refractivity (Wildman–Crippen MR) is 89.4 cm³/mol. The first-order valence-corrected chi connectivity index (χ1v) is 8.06. The van der Waals surface area contributed by atoms with E-state index in [-0.39, 0.29) is 6.04 Å². The Balaban J connectivity index is 1.93. The van der Waals surface area contributed by atoms with Crippen molar-refractivity contribution in [1.29, 1.82) is 0 Å². The Labute approximate surface area is 135 Å². The van der Waals surface area contributed by atoms with Gasteiger partial charge >= 0.3 is 0 Å². The summed E-state index contributed by atoms with van der Waals surface area (Å²) < 4.78 is 2.06. The maximum absolute atomic E-state index is 6.34. The highest BCUT2D eigenvalue weighted by atomic mass is 35.5. The van der Waals surface area contributed by atoms with E-state index in [1.165, 1.54) is 35.1 Å². The minimum absolute atomic E-state index is 0.0873. The lowest BCUT2D eigenvalue weighted by Crippen LogP contribution is -2.14. The first-order valence-electron chi connectivity index (χ1n) is 7.68. The number of hydrogen-bond donors (Lipinski definition) is 0. The monoisotopic (exact) mass is 308 g/mol. The van der Waals surface area contributed by atoms with Crippen molar-refractivity contribution in [2.45, 2.75) is 25.3 Å². The van der Waals surface area contributed by atoms with Gasteiger partial charge in [-0.2, -0.15) is 0 Å². The zero-order valence-corrected chi connectivity index (χ0v) is 13.0. The van der Waals surface area contributed by atoms with E-state index in [2.05, 4.69) is 52.0 Å². The van der Waals surface area contributed by atoms with Gasteiger partial charge in [-0.25, -0.2) is 4.98 Å². The van der Waals surface area contributed by atoms with E-state index in [1.807, 2.05) is 12.3 Å². The van der Waals surface area contributed by atoms with Gasteiger partial charge in [0.15, 0.2) is 0 Å². The topological polar surface area (TPSA) is 17.8 Å². The smallest absolute Gasteiger partial charge is 0.203 e. The van der Waals surface area contributed by atoms with Gasteiger partial charge in [-0.15, -0.1) is 0 Å². The second-order valence-electron chi connectivity index (χ2n) is 5.76. The summed E-state index contributed by atoms with van der Waals surface area (Å²) in [7, 11) is 0. The molecule has 2 nitrogen and oxygen atoms in total. The van der Waals surface area contributed by atoms with Gasteiger partial charge < -0.3 is 4.57 Å². The summed E-state index contributed by atoms with van der Waals surface area (Å²) in [6, 6.07) is 17.3. The van der Waals surface area contributed by atoms with Crippen molar-refractivity contribution in [2.75, 3.05) is 0 Å². The third kappa shape index (κ3) is 2.24. The van der Waals surface area contributed by atoms with Gasteiger partial charge in [-0.1, -0.05) is 48.5 Å². The predicted octanol–water partition coefficient (Wildman–Crippen LogP) is 4.66. The number of nitrogens with zero attached hydrogens (tertiary/aromatic N) is 2. The normalized spacial score (nSPS) is 14.8. The van der Waals surface area contributed by atoms with Crippen LogP contribution in [-0.2, 0) is 12.8 Å². The first-order chi connectivity index (χ1) is 10.8. The molecular weight excluding hydrogens is 292 g/mol. The van der Waals surface area contributed by atoms with Gasteiger partial charge in [0.2, 0.25) is 5.28 Å². The number of aromatic nitrogens is 2. The van der Waals surface area contributed by atoms with Crippen LogP contribution in [0.2, 0.25) is 5.28 Å². The molecule has 2 aromatic carbocycles. The third-order valence-corrected chi connectivity index (χ3v) is 4.78. The minimum Gasteiger partial charge on any atom is -0.310 e. The molecule has 110 valence electrons. The number of aryl methyl sites for hydroxylation is 1. The highest BCUT2D eigenvalue weighted by Crippen LogP contribution is 2.35. The van der Waals surface area contributed by atoms with Crippen LogP contribution >= 0.6 is 11.6 Å². The fourth-order valence-electron chi connectivity index (χ4n) is 3.52. The standard InChI is InChI=1S/C19H17ClN2/c20-19-21-12-13-22(19)18(15-6-2-1-3-7-15)17-11-5-9-14-8-4-10-16(14)17/h1-3,5-7,9,11-13,18H,4,8,10H2. The number of benzene rings is 2. The molecule has 0 N–H and O–H groups in total. The van der Waals surface area contributed by atoms with Crippen molar-refractivity contribution in [3.63, 3.8) is 0 Å². The van der Waals surface area contributed by atoms with Crippen LogP contribution in [0.25, 0.3) is 0 Å². The lowest BCUT2D eigenvalue weighted by atomic mass is 9.92. The molecule has 1 atom stereocenters. The van der Waals surface area contributed by atoms with E-state index >= 15 is 0 Å². The molecule has 0 bridgehead atoms. The van der Waals surface area contributed by atoms with Crippen LogP contribution in [0.1, 0.15) is 34.7 Å². The molecular formula is C19H17ClN2. The van der Waals surface area contributed by atoms with Crippen molar-refractivity contribution in [3.05, 3.63) is 88.5 Å². The summed E-state index contributed by atoms with van der Waals surface area (Å²) in [5.41, 5.74) is 5.56. The maximum atomic E-state index is 6.34. The van der Waals surface area contributed by atoms with Crippen LogP contribution in [0.4, 0.5) is 0 Å². The van der Waals surface area contributed by atoms with E-state index in [4.69, 9.17) is 11.6 Å². The summed E-state index contributed by atoms with van der Waals surface area (Å²) in [6.07, 6.45) is 7.31. The third-order valence-electron chi connectivity index (χ3n) is 4.49. The molecule has 0 fully saturated rings. The summed E-state index contributed by atoms with van der Waals surface area (Å²) >= 11 is 6.34. The Morgan fingerprint density at radius 3 is 2.64 bits per heavy atom. The van der Waals surface area contributed by atoms with Crippen molar-refractivity contribution in [1.82, 2.24) is 9.55 Å². The summed E-state index contributed by atoms with van der Waals surface area (Å²) in [6.45, 7) is 0. The number of rotatable bonds is 3.